The van der Waals surface area contributed by atoms with E-state index in [1.54, 1.807) is 0 Å². The minimum atomic E-state index is -4.27. The Morgan fingerprint density at radius 2 is 1.16 bits per heavy atom. The highest BCUT2D eigenvalue weighted by Crippen LogP contribution is 2.43. The summed E-state index contributed by atoms with van der Waals surface area (Å²) in [5.74, 6) is -0.325. The van der Waals surface area contributed by atoms with Crippen LogP contribution in [0, 0.1) is 0 Å². The predicted molar refractivity (Wildman–Crippen MR) is 210 cm³/mol. The Morgan fingerprint density at radius 1 is 0.640 bits per heavy atom. The maximum absolute atomic E-state index is 12.6. The van der Waals surface area contributed by atoms with Crippen LogP contribution in [0.2, 0.25) is 0 Å². The van der Waals surface area contributed by atoms with Gasteiger partial charge in [-0.05, 0) is 51.4 Å². The molecule has 1 N–H and O–H groups in total. The van der Waals surface area contributed by atoms with Gasteiger partial charge in [0.2, 0.25) is 0 Å². The molecule has 2 unspecified atom stereocenters. The Morgan fingerprint density at radius 3 is 1.74 bits per heavy atom. The first-order valence-corrected chi connectivity index (χ1v) is 21.4. The summed E-state index contributed by atoms with van der Waals surface area (Å²) in [5.41, 5.74) is 0. The molecule has 0 saturated carbocycles. The van der Waals surface area contributed by atoms with Crippen LogP contribution in [0.5, 0.6) is 0 Å². The van der Waals surface area contributed by atoms with Crippen LogP contribution in [0.3, 0.4) is 0 Å². The highest BCUT2D eigenvalue weighted by Gasteiger charge is 2.26. The lowest BCUT2D eigenvalue weighted by Crippen LogP contribution is -2.37. The number of carbonyl (C=O) groups excluding carboxylic acids is 1. The van der Waals surface area contributed by atoms with Crippen molar-refractivity contribution in [1.29, 1.82) is 0 Å². The number of hydrogen-bond acceptors (Lipinski definition) is 6. The molecule has 2 atom stereocenters. The van der Waals surface area contributed by atoms with Gasteiger partial charge in [0.25, 0.3) is 0 Å². The number of carbonyl (C=O) groups is 1. The molecule has 0 heterocycles. The molecule has 0 aromatic heterocycles. The molecule has 0 amide bonds. The second kappa shape index (κ2) is 34.5. The number of hydrogen-bond donors (Lipinski definition) is 1. The van der Waals surface area contributed by atoms with E-state index >= 15 is 0 Å². The number of allylic oxidation sites excluding steroid dienone is 8. The van der Waals surface area contributed by atoms with Crippen LogP contribution in [0.15, 0.2) is 48.6 Å². The van der Waals surface area contributed by atoms with Crippen LogP contribution in [0.1, 0.15) is 149 Å². The van der Waals surface area contributed by atoms with Crippen LogP contribution in [0.4, 0.5) is 0 Å². The SMILES string of the molecule is CC/C=C\C/C=C\C/C=C\C/C=C\CCCCCCCOCC(COP(=O)(O)OCC[N+](C)(C)C)OC(=O)CCCCCCCCCCCC. The zero-order chi connectivity index (χ0) is 37.0. The first-order valence-electron chi connectivity index (χ1n) is 19.9. The number of phosphoric acid groups is 1. The van der Waals surface area contributed by atoms with Gasteiger partial charge in [-0.2, -0.15) is 0 Å². The van der Waals surface area contributed by atoms with Crippen molar-refractivity contribution in [2.75, 3.05) is 54.1 Å². The molecule has 9 heteroatoms. The molecule has 0 aliphatic heterocycles. The van der Waals surface area contributed by atoms with E-state index in [-0.39, 0.29) is 25.8 Å². The lowest BCUT2D eigenvalue weighted by Gasteiger charge is -2.24. The highest BCUT2D eigenvalue weighted by atomic mass is 31.2. The summed E-state index contributed by atoms with van der Waals surface area (Å²) >= 11 is 0. The molecule has 0 aliphatic rings. The molecule has 0 spiro atoms. The molecule has 50 heavy (non-hydrogen) atoms. The van der Waals surface area contributed by atoms with Crippen LogP contribution < -0.4 is 0 Å². The molecule has 292 valence electrons. The number of quaternary nitrogens is 1. The van der Waals surface area contributed by atoms with Gasteiger partial charge in [0, 0.05) is 13.0 Å². The number of phosphoric ester groups is 1. The summed E-state index contributed by atoms with van der Waals surface area (Å²) in [4.78, 5) is 22.7. The summed E-state index contributed by atoms with van der Waals surface area (Å²) in [7, 11) is 1.65. The fraction of sp³-hybridized carbons (Fsp3) is 0.780. The van der Waals surface area contributed by atoms with Gasteiger partial charge < -0.3 is 18.9 Å². The van der Waals surface area contributed by atoms with Gasteiger partial charge >= 0.3 is 13.8 Å². The highest BCUT2D eigenvalue weighted by molar-refractivity contribution is 7.47. The molecule has 0 aliphatic carbocycles. The van der Waals surface area contributed by atoms with Crippen molar-refractivity contribution in [2.24, 2.45) is 0 Å². The van der Waals surface area contributed by atoms with Gasteiger partial charge in [0.15, 0.2) is 0 Å². The number of unbranched alkanes of at least 4 members (excludes halogenated alkanes) is 14. The van der Waals surface area contributed by atoms with Crippen molar-refractivity contribution in [1.82, 2.24) is 0 Å². The lowest BCUT2D eigenvalue weighted by molar-refractivity contribution is -0.870. The predicted octanol–water partition coefficient (Wildman–Crippen LogP) is 11.2. The number of nitrogens with zero attached hydrogens (tertiary/aromatic N) is 1. The summed E-state index contributed by atoms with van der Waals surface area (Å²) in [6.07, 6.45) is 40.0. The van der Waals surface area contributed by atoms with Crippen LogP contribution >= 0.6 is 7.82 Å². The van der Waals surface area contributed by atoms with E-state index in [0.717, 1.165) is 70.6 Å². The van der Waals surface area contributed by atoms with Gasteiger partial charge in [-0.15, -0.1) is 0 Å². The molecule has 0 radical (unpaired) electrons. The number of rotatable bonds is 36. The maximum atomic E-state index is 12.6. The fourth-order valence-electron chi connectivity index (χ4n) is 5.07. The average Bonchev–Trinajstić information content (AvgIpc) is 3.06. The van der Waals surface area contributed by atoms with Crippen molar-refractivity contribution < 1.29 is 37.3 Å². The molecule has 0 aromatic rings. The second-order valence-electron chi connectivity index (χ2n) is 14.3. The Hall–Kier alpha value is -1.54. The minimum absolute atomic E-state index is 0.0837. The van der Waals surface area contributed by atoms with E-state index in [2.05, 4.69) is 62.5 Å². The normalized spacial score (nSPS) is 14.4. The van der Waals surface area contributed by atoms with E-state index in [1.807, 2.05) is 21.1 Å². The molecule has 0 fully saturated rings. The van der Waals surface area contributed by atoms with Gasteiger partial charge in [-0.3, -0.25) is 13.8 Å². The van der Waals surface area contributed by atoms with E-state index in [4.69, 9.17) is 18.5 Å². The summed E-state index contributed by atoms with van der Waals surface area (Å²) in [6, 6.07) is 0. The van der Waals surface area contributed by atoms with Crippen molar-refractivity contribution in [2.45, 2.75) is 155 Å². The minimum Gasteiger partial charge on any atom is -0.457 e. The number of ether oxygens (including phenoxy) is 2. The third-order valence-corrected chi connectivity index (χ3v) is 9.14. The van der Waals surface area contributed by atoms with Gasteiger partial charge in [0.1, 0.15) is 19.3 Å². The summed E-state index contributed by atoms with van der Waals surface area (Å²) < 4.78 is 34.8. The molecule has 0 aromatic carbocycles. The van der Waals surface area contributed by atoms with E-state index in [1.165, 1.54) is 57.8 Å². The van der Waals surface area contributed by atoms with Crippen LogP contribution in [-0.4, -0.2) is 75.6 Å². The standard InChI is InChI=1S/C41H76NO7P/c1-6-8-10-12-14-16-18-19-20-21-22-23-24-25-27-29-31-33-36-46-38-40(39-48-50(44,45)47-37-35-42(3,4)5)49-41(43)34-32-30-28-26-17-15-13-11-9-7-2/h8,10,14,16,19-20,22-23,40H,6-7,9,11-13,15,17-18,21,24-39H2,1-5H3/p+1/b10-8-,16-14-,20-19-,23-22-. The van der Waals surface area contributed by atoms with Crippen LogP contribution in [0.25, 0.3) is 0 Å². The topological polar surface area (TPSA) is 91.3 Å². The zero-order valence-electron chi connectivity index (χ0n) is 32.9. The van der Waals surface area contributed by atoms with Crippen molar-refractivity contribution in [3.8, 4) is 0 Å². The lowest BCUT2D eigenvalue weighted by atomic mass is 10.1. The monoisotopic (exact) mass is 727 g/mol. The third-order valence-electron chi connectivity index (χ3n) is 8.15. The van der Waals surface area contributed by atoms with Crippen molar-refractivity contribution in [3.05, 3.63) is 48.6 Å². The van der Waals surface area contributed by atoms with Gasteiger partial charge in [0.05, 0.1) is 34.4 Å². The van der Waals surface area contributed by atoms with Crippen molar-refractivity contribution >= 4 is 13.8 Å². The van der Waals surface area contributed by atoms with E-state index in [9.17, 15) is 14.3 Å². The third kappa shape index (κ3) is 37.7. The number of esters is 1. The molecular weight excluding hydrogens is 649 g/mol. The Balaban J connectivity index is 4.29. The van der Waals surface area contributed by atoms with Gasteiger partial charge in [-0.1, -0.05) is 140 Å². The molecule has 0 saturated heterocycles. The Bertz CT molecular complexity index is 942. The fourth-order valence-corrected chi connectivity index (χ4v) is 5.81. The molecular formula is C41H77NO7P+. The average molecular weight is 727 g/mol. The molecule has 8 nitrogen and oxygen atoms in total. The first-order chi connectivity index (χ1) is 24.1. The first kappa shape index (κ1) is 48.5. The van der Waals surface area contributed by atoms with Crippen molar-refractivity contribution in [3.63, 3.8) is 0 Å². The second-order valence-corrected chi connectivity index (χ2v) is 15.7. The zero-order valence-corrected chi connectivity index (χ0v) is 33.8. The largest absolute Gasteiger partial charge is 0.472 e. The molecule has 0 rings (SSSR count). The number of likely N-dealkylation sites (N-methyl/N-ethyl adjacent to an activating group) is 1. The molecule has 0 bridgehead atoms. The Labute approximate surface area is 308 Å². The van der Waals surface area contributed by atoms with Gasteiger partial charge in [-0.25, -0.2) is 4.57 Å². The van der Waals surface area contributed by atoms with E-state index < -0.39 is 13.9 Å². The summed E-state index contributed by atoms with van der Waals surface area (Å²) in [5, 5.41) is 0. The van der Waals surface area contributed by atoms with E-state index in [0.29, 0.717) is 24.1 Å². The maximum Gasteiger partial charge on any atom is 0.472 e. The summed E-state index contributed by atoms with van der Waals surface area (Å²) in [6.45, 7) is 5.44. The quantitative estimate of drug-likeness (QED) is 0.0226. The van der Waals surface area contributed by atoms with Crippen LogP contribution in [-0.2, 0) is 27.9 Å². The Kier molecular flexibility index (Phi) is 33.5. The smallest absolute Gasteiger partial charge is 0.457 e.